The SMILES string of the molecule is Clc1ccccc1C(c1ccccc1)[NH+]1CCN(c2ncnc3c2cnn3-c2ccccc2)CC1. The maximum Gasteiger partial charge on any atom is 0.168 e. The van der Waals surface area contributed by atoms with Crippen LogP contribution in [0.3, 0.4) is 0 Å². The predicted molar refractivity (Wildman–Crippen MR) is 139 cm³/mol. The number of halogens is 1. The number of nitrogens with zero attached hydrogens (tertiary/aromatic N) is 5. The van der Waals surface area contributed by atoms with Gasteiger partial charge in [0.25, 0.3) is 0 Å². The van der Waals surface area contributed by atoms with Crippen LogP contribution in [-0.2, 0) is 0 Å². The van der Waals surface area contributed by atoms with Crippen molar-refractivity contribution in [3.63, 3.8) is 0 Å². The molecule has 1 aliphatic rings. The van der Waals surface area contributed by atoms with E-state index in [2.05, 4.69) is 62.4 Å². The molecule has 1 N–H and O–H groups in total. The van der Waals surface area contributed by atoms with Gasteiger partial charge in [0.1, 0.15) is 18.2 Å². The third-order valence-electron chi connectivity index (χ3n) is 6.81. The number of piperazine rings is 1. The zero-order chi connectivity index (χ0) is 23.6. The fraction of sp³-hybridized carbons (Fsp3) is 0.179. The number of quaternary nitrogens is 1. The summed E-state index contributed by atoms with van der Waals surface area (Å²) >= 11 is 6.68. The molecule has 0 bridgehead atoms. The maximum atomic E-state index is 6.68. The van der Waals surface area contributed by atoms with E-state index in [0.29, 0.717) is 0 Å². The first-order chi connectivity index (χ1) is 17.3. The Labute approximate surface area is 209 Å². The van der Waals surface area contributed by atoms with E-state index < -0.39 is 0 Å². The molecule has 6 rings (SSSR count). The minimum Gasteiger partial charge on any atom is -0.345 e. The van der Waals surface area contributed by atoms with Crippen LogP contribution in [0.2, 0.25) is 5.02 Å². The summed E-state index contributed by atoms with van der Waals surface area (Å²) in [5.74, 6) is 0.949. The molecule has 35 heavy (non-hydrogen) atoms. The molecule has 1 saturated heterocycles. The van der Waals surface area contributed by atoms with Crippen LogP contribution in [0, 0.1) is 0 Å². The highest BCUT2D eigenvalue weighted by molar-refractivity contribution is 6.31. The highest BCUT2D eigenvalue weighted by Gasteiger charge is 2.32. The van der Waals surface area contributed by atoms with Gasteiger partial charge in [0, 0.05) is 11.1 Å². The Hall–Kier alpha value is -3.74. The minimum absolute atomic E-state index is 0.193. The molecule has 0 amide bonds. The molecular formula is C28H26ClN6+. The van der Waals surface area contributed by atoms with Crippen LogP contribution >= 0.6 is 11.6 Å². The lowest BCUT2D eigenvalue weighted by Crippen LogP contribution is -3.15. The molecule has 5 aromatic rings. The number of rotatable bonds is 5. The molecule has 0 aliphatic carbocycles. The number of anilines is 1. The monoisotopic (exact) mass is 481 g/mol. The summed E-state index contributed by atoms with van der Waals surface area (Å²) in [5.41, 5.74) is 4.29. The van der Waals surface area contributed by atoms with Gasteiger partial charge >= 0.3 is 0 Å². The summed E-state index contributed by atoms with van der Waals surface area (Å²) in [5, 5.41) is 6.42. The first-order valence-electron chi connectivity index (χ1n) is 11.9. The van der Waals surface area contributed by atoms with Gasteiger partial charge in [0.15, 0.2) is 5.65 Å². The number of hydrogen-bond donors (Lipinski definition) is 1. The Morgan fingerprint density at radius 3 is 2.23 bits per heavy atom. The second-order valence-electron chi connectivity index (χ2n) is 8.84. The van der Waals surface area contributed by atoms with Crippen molar-refractivity contribution < 1.29 is 4.90 Å². The zero-order valence-electron chi connectivity index (χ0n) is 19.3. The van der Waals surface area contributed by atoms with Crippen LogP contribution in [0.25, 0.3) is 16.7 Å². The minimum atomic E-state index is 0.193. The maximum absolute atomic E-state index is 6.68. The molecule has 1 fully saturated rings. The van der Waals surface area contributed by atoms with Crippen molar-refractivity contribution in [2.75, 3.05) is 31.1 Å². The molecule has 0 saturated carbocycles. The van der Waals surface area contributed by atoms with Crippen molar-refractivity contribution in [3.8, 4) is 5.69 Å². The highest BCUT2D eigenvalue weighted by atomic mass is 35.5. The molecule has 7 heteroatoms. The molecule has 174 valence electrons. The van der Waals surface area contributed by atoms with Crippen LogP contribution in [0.15, 0.2) is 97.5 Å². The molecule has 2 aromatic heterocycles. The number of para-hydroxylation sites is 1. The van der Waals surface area contributed by atoms with E-state index in [-0.39, 0.29) is 6.04 Å². The van der Waals surface area contributed by atoms with Gasteiger partial charge in [0.2, 0.25) is 0 Å². The summed E-state index contributed by atoms with van der Waals surface area (Å²) in [6, 6.07) is 29.2. The van der Waals surface area contributed by atoms with Gasteiger partial charge in [-0.15, -0.1) is 0 Å². The largest absolute Gasteiger partial charge is 0.345 e. The van der Waals surface area contributed by atoms with Crippen LogP contribution in [0.1, 0.15) is 17.2 Å². The van der Waals surface area contributed by atoms with Crippen molar-refractivity contribution in [2.45, 2.75) is 6.04 Å². The predicted octanol–water partition coefficient (Wildman–Crippen LogP) is 3.96. The highest BCUT2D eigenvalue weighted by Crippen LogP contribution is 2.28. The summed E-state index contributed by atoms with van der Waals surface area (Å²) in [7, 11) is 0. The Kier molecular flexibility index (Phi) is 5.90. The molecule has 1 unspecified atom stereocenters. The van der Waals surface area contributed by atoms with E-state index in [0.717, 1.165) is 53.7 Å². The van der Waals surface area contributed by atoms with E-state index in [4.69, 9.17) is 11.6 Å². The lowest BCUT2D eigenvalue weighted by Gasteiger charge is -2.37. The molecule has 0 radical (unpaired) electrons. The quantitative estimate of drug-likeness (QED) is 0.413. The number of nitrogens with one attached hydrogen (secondary N) is 1. The van der Waals surface area contributed by atoms with Gasteiger partial charge in [-0.3, -0.25) is 0 Å². The first kappa shape index (κ1) is 21.8. The van der Waals surface area contributed by atoms with Crippen LogP contribution in [-0.4, -0.2) is 45.9 Å². The van der Waals surface area contributed by atoms with Crippen molar-refractivity contribution >= 4 is 28.5 Å². The Bertz CT molecular complexity index is 1430. The van der Waals surface area contributed by atoms with Crippen molar-refractivity contribution in [3.05, 3.63) is 114 Å². The Morgan fingerprint density at radius 2 is 1.49 bits per heavy atom. The Morgan fingerprint density at radius 1 is 0.800 bits per heavy atom. The molecule has 3 heterocycles. The molecule has 1 aliphatic heterocycles. The number of benzene rings is 3. The molecular weight excluding hydrogens is 456 g/mol. The summed E-state index contributed by atoms with van der Waals surface area (Å²) in [6.07, 6.45) is 3.53. The second kappa shape index (κ2) is 9.49. The summed E-state index contributed by atoms with van der Waals surface area (Å²) in [6.45, 7) is 3.74. The van der Waals surface area contributed by atoms with E-state index in [1.54, 1.807) is 6.33 Å². The fourth-order valence-corrected chi connectivity index (χ4v) is 5.37. The molecule has 0 spiro atoms. The topological polar surface area (TPSA) is 51.3 Å². The van der Waals surface area contributed by atoms with E-state index in [1.165, 1.54) is 16.0 Å². The van der Waals surface area contributed by atoms with Crippen molar-refractivity contribution in [2.24, 2.45) is 0 Å². The lowest BCUT2D eigenvalue weighted by atomic mass is 9.96. The molecule has 1 atom stereocenters. The zero-order valence-corrected chi connectivity index (χ0v) is 20.0. The lowest BCUT2D eigenvalue weighted by molar-refractivity contribution is -0.926. The van der Waals surface area contributed by atoms with Crippen LogP contribution < -0.4 is 9.80 Å². The van der Waals surface area contributed by atoms with Gasteiger partial charge < -0.3 is 9.80 Å². The normalized spacial score (nSPS) is 15.4. The third-order valence-corrected chi connectivity index (χ3v) is 7.15. The van der Waals surface area contributed by atoms with Gasteiger partial charge in [-0.05, 0) is 18.2 Å². The first-order valence-corrected chi connectivity index (χ1v) is 12.3. The average molecular weight is 482 g/mol. The van der Waals surface area contributed by atoms with Crippen molar-refractivity contribution in [1.29, 1.82) is 0 Å². The Balaban J connectivity index is 1.28. The molecule has 3 aromatic carbocycles. The van der Waals surface area contributed by atoms with E-state index >= 15 is 0 Å². The third kappa shape index (κ3) is 4.16. The summed E-state index contributed by atoms with van der Waals surface area (Å²) < 4.78 is 1.88. The standard InChI is InChI=1S/C28H25ClN6/c29-25-14-8-7-13-23(25)26(21-9-3-1-4-10-21)33-15-17-34(18-16-33)27-24-19-32-35(28(24)31-20-30-27)22-11-5-2-6-12-22/h1-14,19-20,26H,15-18H2/p+1. The van der Waals surface area contributed by atoms with E-state index in [9.17, 15) is 0 Å². The number of aromatic nitrogens is 4. The van der Waals surface area contributed by atoms with Crippen molar-refractivity contribution in [1.82, 2.24) is 19.7 Å². The van der Waals surface area contributed by atoms with Crippen LogP contribution in [0.4, 0.5) is 5.82 Å². The number of fused-ring (bicyclic) bond motifs is 1. The van der Waals surface area contributed by atoms with Crippen LogP contribution in [0.5, 0.6) is 0 Å². The van der Waals surface area contributed by atoms with Gasteiger partial charge in [-0.25, -0.2) is 14.6 Å². The fourth-order valence-electron chi connectivity index (χ4n) is 5.13. The smallest absolute Gasteiger partial charge is 0.168 e. The van der Waals surface area contributed by atoms with Gasteiger partial charge in [-0.2, -0.15) is 5.10 Å². The average Bonchev–Trinajstić information content (AvgIpc) is 3.36. The molecule has 6 nitrogen and oxygen atoms in total. The van der Waals surface area contributed by atoms with Gasteiger partial charge in [0.05, 0.1) is 48.5 Å². The summed E-state index contributed by atoms with van der Waals surface area (Å²) in [4.78, 5) is 13.1. The second-order valence-corrected chi connectivity index (χ2v) is 9.24. The van der Waals surface area contributed by atoms with E-state index in [1.807, 2.05) is 53.3 Å². The number of hydrogen-bond acceptors (Lipinski definition) is 4. The van der Waals surface area contributed by atoms with Gasteiger partial charge in [-0.1, -0.05) is 78.3 Å².